The van der Waals surface area contributed by atoms with Crippen molar-refractivity contribution in [1.82, 2.24) is 9.97 Å². The number of anilines is 2. The van der Waals surface area contributed by atoms with Gasteiger partial charge in [0.1, 0.15) is 11.4 Å². The third-order valence-electron chi connectivity index (χ3n) is 4.51. The van der Waals surface area contributed by atoms with Crippen molar-refractivity contribution in [3.63, 3.8) is 0 Å². The molecule has 2 N–H and O–H groups in total. The van der Waals surface area contributed by atoms with E-state index < -0.39 is 0 Å². The van der Waals surface area contributed by atoms with Gasteiger partial charge in [-0.05, 0) is 63.9 Å². The van der Waals surface area contributed by atoms with Gasteiger partial charge < -0.3 is 15.4 Å². The number of carbonyl (C=O) groups excluding carboxylic acids is 1. The van der Waals surface area contributed by atoms with Crippen LogP contribution in [0.3, 0.4) is 0 Å². The van der Waals surface area contributed by atoms with Gasteiger partial charge in [0.25, 0.3) is 5.91 Å². The van der Waals surface area contributed by atoms with E-state index in [2.05, 4.69) is 20.6 Å². The second kappa shape index (κ2) is 8.84. The van der Waals surface area contributed by atoms with Crippen LogP contribution in [-0.2, 0) is 0 Å². The van der Waals surface area contributed by atoms with Crippen molar-refractivity contribution in [2.45, 2.75) is 65.0 Å². The lowest BCUT2D eigenvalue weighted by Gasteiger charge is -2.23. The van der Waals surface area contributed by atoms with Crippen molar-refractivity contribution in [1.29, 1.82) is 0 Å². The van der Waals surface area contributed by atoms with E-state index in [0.29, 0.717) is 23.4 Å². The number of hydrogen-bond donors (Lipinski definition) is 2. The summed E-state index contributed by atoms with van der Waals surface area (Å²) in [7, 11) is 0. The summed E-state index contributed by atoms with van der Waals surface area (Å²) < 4.78 is 5.62. The summed E-state index contributed by atoms with van der Waals surface area (Å²) in [5.41, 5.74) is 1.84. The van der Waals surface area contributed by atoms with Crippen LogP contribution in [0.1, 0.15) is 62.1 Å². The molecule has 1 aliphatic rings. The molecule has 1 amide bonds. The van der Waals surface area contributed by atoms with Crippen LogP contribution < -0.4 is 15.4 Å². The number of benzene rings is 1. The van der Waals surface area contributed by atoms with E-state index in [4.69, 9.17) is 4.74 Å². The van der Waals surface area contributed by atoms with Gasteiger partial charge in [0.05, 0.1) is 6.10 Å². The predicted molar refractivity (Wildman–Crippen MR) is 107 cm³/mol. The van der Waals surface area contributed by atoms with Gasteiger partial charge in [-0.2, -0.15) is 0 Å². The zero-order valence-electron chi connectivity index (χ0n) is 16.3. The van der Waals surface area contributed by atoms with Crippen LogP contribution in [0, 0.1) is 6.92 Å². The molecule has 1 aromatic heterocycles. The van der Waals surface area contributed by atoms with E-state index in [-0.39, 0.29) is 12.0 Å². The van der Waals surface area contributed by atoms with Gasteiger partial charge in [-0.3, -0.25) is 4.79 Å². The van der Waals surface area contributed by atoms with E-state index in [0.717, 1.165) is 24.3 Å². The summed E-state index contributed by atoms with van der Waals surface area (Å²) in [5.74, 6) is 1.07. The van der Waals surface area contributed by atoms with Crippen molar-refractivity contribution in [3.8, 4) is 5.75 Å². The SMILES string of the molecule is Cc1cc(C(=O)Nc2ccc(OC(C)C)cc2)nc(NC2CCCCC2)n1. The Hall–Kier alpha value is -2.63. The number of ether oxygens (including phenoxy) is 1. The number of rotatable bonds is 6. The summed E-state index contributed by atoms with van der Waals surface area (Å²) in [4.78, 5) is 21.5. The Balaban J connectivity index is 1.66. The van der Waals surface area contributed by atoms with Crippen LogP contribution in [0.4, 0.5) is 11.6 Å². The largest absolute Gasteiger partial charge is 0.491 e. The van der Waals surface area contributed by atoms with Crippen LogP contribution in [0.5, 0.6) is 5.75 Å². The topological polar surface area (TPSA) is 76.1 Å². The van der Waals surface area contributed by atoms with Crippen molar-refractivity contribution in [3.05, 3.63) is 41.7 Å². The highest BCUT2D eigenvalue weighted by molar-refractivity contribution is 6.03. The Kier molecular flexibility index (Phi) is 6.27. The number of aryl methyl sites for hydroxylation is 1. The van der Waals surface area contributed by atoms with Crippen LogP contribution in [-0.4, -0.2) is 28.0 Å². The minimum Gasteiger partial charge on any atom is -0.491 e. The molecule has 1 saturated carbocycles. The van der Waals surface area contributed by atoms with Crippen molar-refractivity contribution in [2.24, 2.45) is 0 Å². The van der Waals surface area contributed by atoms with E-state index in [1.807, 2.05) is 45.0 Å². The summed E-state index contributed by atoms with van der Waals surface area (Å²) in [6, 6.07) is 9.44. The lowest BCUT2D eigenvalue weighted by Crippen LogP contribution is -2.24. The van der Waals surface area contributed by atoms with Crippen molar-refractivity contribution >= 4 is 17.5 Å². The van der Waals surface area contributed by atoms with Gasteiger partial charge in [0, 0.05) is 17.4 Å². The first-order chi connectivity index (χ1) is 13.0. The summed E-state index contributed by atoms with van der Waals surface area (Å²) in [6.07, 6.45) is 6.12. The molecule has 1 fully saturated rings. The fraction of sp³-hybridized carbons (Fsp3) is 0.476. The minimum atomic E-state index is -0.246. The first kappa shape index (κ1) is 19.1. The van der Waals surface area contributed by atoms with Crippen molar-refractivity contribution < 1.29 is 9.53 Å². The molecule has 0 bridgehead atoms. The average molecular weight is 368 g/mol. The number of aromatic nitrogens is 2. The van der Waals surface area contributed by atoms with Crippen LogP contribution >= 0.6 is 0 Å². The molecule has 2 aromatic rings. The van der Waals surface area contributed by atoms with Gasteiger partial charge in [-0.15, -0.1) is 0 Å². The van der Waals surface area contributed by atoms with Gasteiger partial charge in [0.2, 0.25) is 5.95 Å². The molecule has 1 aliphatic carbocycles. The fourth-order valence-corrected chi connectivity index (χ4v) is 3.26. The molecule has 6 nitrogen and oxygen atoms in total. The Morgan fingerprint density at radius 1 is 1.11 bits per heavy atom. The molecule has 0 spiro atoms. The first-order valence-electron chi connectivity index (χ1n) is 9.70. The maximum atomic E-state index is 12.6. The maximum Gasteiger partial charge on any atom is 0.274 e. The van der Waals surface area contributed by atoms with E-state index in [1.165, 1.54) is 19.3 Å². The number of amides is 1. The highest BCUT2D eigenvalue weighted by atomic mass is 16.5. The van der Waals surface area contributed by atoms with Gasteiger partial charge in [0.15, 0.2) is 0 Å². The number of carbonyl (C=O) groups is 1. The monoisotopic (exact) mass is 368 g/mol. The summed E-state index contributed by atoms with van der Waals surface area (Å²) >= 11 is 0. The second-order valence-electron chi connectivity index (χ2n) is 7.34. The van der Waals surface area contributed by atoms with Crippen LogP contribution in [0.15, 0.2) is 30.3 Å². The Morgan fingerprint density at radius 2 is 1.81 bits per heavy atom. The Labute approximate surface area is 160 Å². The normalized spacial score (nSPS) is 14.8. The number of nitrogens with one attached hydrogen (secondary N) is 2. The first-order valence-corrected chi connectivity index (χ1v) is 9.70. The molecule has 6 heteroatoms. The lowest BCUT2D eigenvalue weighted by atomic mass is 9.96. The van der Waals surface area contributed by atoms with E-state index >= 15 is 0 Å². The van der Waals surface area contributed by atoms with Gasteiger partial charge in [-0.25, -0.2) is 9.97 Å². The zero-order valence-corrected chi connectivity index (χ0v) is 16.3. The molecule has 0 unspecified atom stereocenters. The molecule has 0 radical (unpaired) electrons. The third-order valence-corrected chi connectivity index (χ3v) is 4.51. The third kappa shape index (κ3) is 5.67. The molecular weight excluding hydrogens is 340 g/mol. The average Bonchev–Trinajstić information content (AvgIpc) is 2.63. The van der Waals surface area contributed by atoms with E-state index in [1.54, 1.807) is 6.07 Å². The minimum absolute atomic E-state index is 0.115. The van der Waals surface area contributed by atoms with Gasteiger partial charge >= 0.3 is 0 Å². The fourth-order valence-electron chi connectivity index (χ4n) is 3.26. The van der Waals surface area contributed by atoms with Gasteiger partial charge in [-0.1, -0.05) is 19.3 Å². The number of nitrogens with zero attached hydrogens (tertiary/aromatic N) is 2. The predicted octanol–water partition coefficient (Wildman–Crippen LogP) is 4.57. The summed E-state index contributed by atoms with van der Waals surface area (Å²) in [5, 5.41) is 6.27. The molecule has 27 heavy (non-hydrogen) atoms. The smallest absolute Gasteiger partial charge is 0.274 e. The van der Waals surface area contributed by atoms with E-state index in [9.17, 15) is 4.79 Å². The molecule has 3 rings (SSSR count). The Morgan fingerprint density at radius 3 is 2.48 bits per heavy atom. The van der Waals surface area contributed by atoms with Crippen LogP contribution in [0.2, 0.25) is 0 Å². The highest BCUT2D eigenvalue weighted by Crippen LogP contribution is 2.21. The summed E-state index contributed by atoms with van der Waals surface area (Å²) in [6.45, 7) is 5.83. The molecule has 1 aromatic carbocycles. The quantitative estimate of drug-likeness (QED) is 0.781. The lowest BCUT2D eigenvalue weighted by molar-refractivity contribution is 0.102. The molecule has 0 saturated heterocycles. The Bertz CT molecular complexity index is 768. The second-order valence-corrected chi connectivity index (χ2v) is 7.34. The zero-order chi connectivity index (χ0) is 19.2. The maximum absolute atomic E-state index is 12.6. The molecular formula is C21H28N4O2. The standard InChI is InChI=1S/C21H28N4O2/c1-14(2)27-18-11-9-17(10-12-18)23-20(26)19-13-15(3)22-21(25-19)24-16-7-5-4-6-8-16/h9-14,16H,4-8H2,1-3H3,(H,23,26)(H,22,24,25). The molecule has 1 heterocycles. The molecule has 144 valence electrons. The molecule has 0 atom stereocenters. The molecule has 0 aliphatic heterocycles. The number of hydrogen-bond acceptors (Lipinski definition) is 5. The highest BCUT2D eigenvalue weighted by Gasteiger charge is 2.16. The van der Waals surface area contributed by atoms with Crippen molar-refractivity contribution in [2.75, 3.05) is 10.6 Å². The van der Waals surface area contributed by atoms with Crippen LogP contribution in [0.25, 0.3) is 0 Å².